The van der Waals surface area contributed by atoms with Crippen LogP contribution in [-0.2, 0) is 14.3 Å². The van der Waals surface area contributed by atoms with E-state index in [0.717, 1.165) is 12.8 Å². The van der Waals surface area contributed by atoms with Crippen LogP contribution in [0.2, 0.25) is 0 Å². The summed E-state index contributed by atoms with van der Waals surface area (Å²) in [6.45, 7) is 3.24. The molecule has 0 aliphatic carbocycles. The summed E-state index contributed by atoms with van der Waals surface area (Å²) in [5.74, 6) is -0.689. The first-order chi connectivity index (χ1) is 8.25. The van der Waals surface area contributed by atoms with Crippen LogP contribution in [0.5, 0.6) is 0 Å². The molecule has 0 bridgehead atoms. The van der Waals surface area contributed by atoms with Crippen LogP contribution >= 0.6 is 0 Å². The molecule has 5 heteroatoms. The Morgan fingerprint density at radius 1 is 1.47 bits per heavy atom. The van der Waals surface area contributed by atoms with E-state index in [0.29, 0.717) is 18.8 Å². The number of ether oxygens (including phenoxy) is 2. The molecule has 1 N–H and O–H groups in total. The number of esters is 1. The van der Waals surface area contributed by atoms with E-state index < -0.39 is 12.1 Å². The molecule has 0 spiro atoms. The van der Waals surface area contributed by atoms with Crippen LogP contribution in [0.25, 0.3) is 0 Å². The third kappa shape index (κ3) is 5.01. The second kappa shape index (κ2) is 7.86. The molecular weight excluding hydrogens is 224 g/mol. The number of furan rings is 1. The summed E-state index contributed by atoms with van der Waals surface area (Å²) in [5.41, 5.74) is 0.391. The minimum atomic E-state index is -1.29. The maximum absolute atomic E-state index is 11.4. The molecular formula is C12H18O5. The van der Waals surface area contributed by atoms with Gasteiger partial charge in [-0.25, -0.2) is 4.79 Å². The van der Waals surface area contributed by atoms with E-state index in [1.54, 1.807) is 0 Å². The zero-order valence-corrected chi connectivity index (χ0v) is 9.93. The summed E-state index contributed by atoms with van der Waals surface area (Å²) in [5, 5.41) is 9.54. The minimum Gasteiger partial charge on any atom is -0.472 e. The van der Waals surface area contributed by atoms with Gasteiger partial charge in [-0.2, -0.15) is 0 Å². The van der Waals surface area contributed by atoms with Crippen molar-refractivity contribution in [1.82, 2.24) is 0 Å². The molecule has 0 saturated carbocycles. The molecule has 0 radical (unpaired) electrons. The van der Waals surface area contributed by atoms with Gasteiger partial charge in [0.1, 0.15) is 6.61 Å². The van der Waals surface area contributed by atoms with Crippen LogP contribution in [0.15, 0.2) is 23.0 Å². The van der Waals surface area contributed by atoms with E-state index in [-0.39, 0.29) is 6.61 Å². The van der Waals surface area contributed by atoms with Gasteiger partial charge in [-0.3, -0.25) is 0 Å². The van der Waals surface area contributed by atoms with Crippen molar-refractivity contribution in [1.29, 1.82) is 0 Å². The number of carbonyl (C=O) groups is 1. The molecule has 0 aliphatic heterocycles. The van der Waals surface area contributed by atoms with Crippen LogP contribution in [0.4, 0.5) is 0 Å². The van der Waals surface area contributed by atoms with E-state index in [2.05, 4.69) is 6.92 Å². The first-order valence-electron chi connectivity index (χ1n) is 5.70. The Morgan fingerprint density at radius 2 is 2.29 bits per heavy atom. The maximum Gasteiger partial charge on any atom is 0.339 e. The molecule has 17 heavy (non-hydrogen) atoms. The van der Waals surface area contributed by atoms with Gasteiger partial charge in [-0.15, -0.1) is 0 Å². The second-order valence-corrected chi connectivity index (χ2v) is 3.59. The molecule has 0 saturated heterocycles. The first-order valence-corrected chi connectivity index (χ1v) is 5.70. The zero-order valence-electron chi connectivity index (χ0n) is 9.93. The molecule has 0 amide bonds. The second-order valence-electron chi connectivity index (χ2n) is 3.59. The number of aliphatic hydroxyl groups excluding tert-OH is 1. The summed E-state index contributed by atoms with van der Waals surface area (Å²) in [6.07, 6.45) is 3.47. The molecule has 0 fully saturated rings. The number of hydrogen-bond donors (Lipinski definition) is 1. The SMILES string of the molecule is CCCCOCCOC(=O)C(O)c1ccoc1. The van der Waals surface area contributed by atoms with Gasteiger partial charge in [-0.1, -0.05) is 13.3 Å². The van der Waals surface area contributed by atoms with Crippen molar-refractivity contribution in [3.8, 4) is 0 Å². The Morgan fingerprint density at radius 3 is 2.94 bits per heavy atom. The molecule has 1 unspecified atom stereocenters. The first kappa shape index (κ1) is 13.7. The van der Waals surface area contributed by atoms with Gasteiger partial charge >= 0.3 is 5.97 Å². The highest BCUT2D eigenvalue weighted by molar-refractivity contribution is 5.76. The topological polar surface area (TPSA) is 68.9 Å². The van der Waals surface area contributed by atoms with Gasteiger partial charge in [0.25, 0.3) is 0 Å². The minimum absolute atomic E-state index is 0.150. The smallest absolute Gasteiger partial charge is 0.339 e. The van der Waals surface area contributed by atoms with Gasteiger partial charge in [0.15, 0.2) is 6.10 Å². The van der Waals surface area contributed by atoms with Gasteiger partial charge in [-0.05, 0) is 12.5 Å². The zero-order chi connectivity index (χ0) is 12.5. The normalized spacial score (nSPS) is 12.4. The van der Waals surface area contributed by atoms with Crippen LogP contribution in [0.1, 0.15) is 31.4 Å². The standard InChI is InChI=1S/C12H18O5/c1-2-3-5-15-7-8-17-12(14)11(13)10-4-6-16-9-10/h4,6,9,11,13H,2-3,5,7-8H2,1H3. The molecule has 96 valence electrons. The lowest BCUT2D eigenvalue weighted by Crippen LogP contribution is -2.17. The lowest BCUT2D eigenvalue weighted by Gasteiger charge is -2.09. The number of aliphatic hydroxyl groups is 1. The van der Waals surface area contributed by atoms with Crippen LogP contribution in [0.3, 0.4) is 0 Å². The van der Waals surface area contributed by atoms with Crippen LogP contribution < -0.4 is 0 Å². The summed E-state index contributed by atoms with van der Waals surface area (Å²) < 4.78 is 14.8. The predicted octanol–water partition coefficient (Wildman–Crippen LogP) is 1.67. The number of rotatable bonds is 8. The largest absolute Gasteiger partial charge is 0.472 e. The highest BCUT2D eigenvalue weighted by Gasteiger charge is 2.19. The molecule has 1 aromatic rings. The molecule has 1 rings (SSSR count). The van der Waals surface area contributed by atoms with Crippen LogP contribution in [-0.4, -0.2) is 30.9 Å². The average Bonchev–Trinajstić information content (AvgIpc) is 2.86. The molecule has 1 heterocycles. The summed E-state index contributed by atoms with van der Waals surface area (Å²) >= 11 is 0. The average molecular weight is 242 g/mol. The Balaban J connectivity index is 2.13. The maximum atomic E-state index is 11.4. The quantitative estimate of drug-likeness (QED) is 0.554. The molecule has 5 nitrogen and oxygen atoms in total. The number of carbonyl (C=O) groups excluding carboxylic acids is 1. The highest BCUT2D eigenvalue weighted by Crippen LogP contribution is 2.14. The molecule has 1 aromatic heterocycles. The summed E-state index contributed by atoms with van der Waals surface area (Å²) in [6, 6.07) is 1.52. The lowest BCUT2D eigenvalue weighted by atomic mass is 10.2. The molecule has 0 aliphatic rings. The Hall–Kier alpha value is -1.33. The van der Waals surface area contributed by atoms with Crippen molar-refractivity contribution in [3.63, 3.8) is 0 Å². The van der Waals surface area contributed by atoms with E-state index >= 15 is 0 Å². The number of hydrogen-bond acceptors (Lipinski definition) is 5. The van der Waals surface area contributed by atoms with Crippen molar-refractivity contribution in [2.75, 3.05) is 19.8 Å². The fourth-order valence-electron chi connectivity index (χ4n) is 1.20. The van der Waals surface area contributed by atoms with E-state index in [9.17, 15) is 9.90 Å². The highest BCUT2D eigenvalue weighted by atomic mass is 16.6. The third-order valence-electron chi connectivity index (χ3n) is 2.20. The van der Waals surface area contributed by atoms with Gasteiger partial charge < -0.3 is 19.0 Å². The van der Waals surface area contributed by atoms with Gasteiger partial charge in [0, 0.05) is 12.2 Å². The van der Waals surface area contributed by atoms with E-state index in [1.807, 2.05) is 0 Å². The van der Waals surface area contributed by atoms with Crippen molar-refractivity contribution in [3.05, 3.63) is 24.2 Å². The Labute approximate surface area is 100 Å². The van der Waals surface area contributed by atoms with Crippen molar-refractivity contribution >= 4 is 5.97 Å². The van der Waals surface area contributed by atoms with Gasteiger partial charge in [0.05, 0.1) is 19.1 Å². The lowest BCUT2D eigenvalue weighted by molar-refractivity contribution is -0.155. The monoisotopic (exact) mass is 242 g/mol. The Kier molecular flexibility index (Phi) is 6.35. The molecule has 0 aromatic carbocycles. The van der Waals surface area contributed by atoms with E-state index in [1.165, 1.54) is 18.6 Å². The third-order valence-corrected chi connectivity index (χ3v) is 2.20. The van der Waals surface area contributed by atoms with Crippen molar-refractivity contribution < 1.29 is 23.8 Å². The van der Waals surface area contributed by atoms with Crippen LogP contribution in [0, 0.1) is 0 Å². The fourth-order valence-corrected chi connectivity index (χ4v) is 1.20. The predicted molar refractivity (Wildman–Crippen MR) is 60.4 cm³/mol. The molecule has 1 atom stereocenters. The number of unbranched alkanes of at least 4 members (excludes halogenated alkanes) is 1. The fraction of sp³-hybridized carbons (Fsp3) is 0.583. The summed E-state index contributed by atoms with van der Waals surface area (Å²) in [7, 11) is 0. The van der Waals surface area contributed by atoms with E-state index in [4.69, 9.17) is 13.9 Å². The Bertz CT molecular complexity index is 307. The van der Waals surface area contributed by atoms with Crippen molar-refractivity contribution in [2.24, 2.45) is 0 Å². The summed E-state index contributed by atoms with van der Waals surface area (Å²) in [4.78, 5) is 11.4. The van der Waals surface area contributed by atoms with Gasteiger partial charge in [0.2, 0.25) is 0 Å². The van der Waals surface area contributed by atoms with Crippen molar-refractivity contribution in [2.45, 2.75) is 25.9 Å².